The van der Waals surface area contributed by atoms with Gasteiger partial charge in [-0.2, -0.15) is 0 Å². The lowest BCUT2D eigenvalue weighted by Crippen LogP contribution is -2.50. The number of morpholine rings is 1. The molecular formula is C14H21NO2. The van der Waals surface area contributed by atoms with E-state index in [0.717, 1.165) is 25.3 Å². The van der Waals surface area contributed by atoms with Crippen LogP contribution < -0.4 is 10.1 Å². The van der Waals surface area contributed by atoms with E-state index in [1.165, 1.54) is 5.56 Å². The zero-order valence-electron chi connectivity index (χ0n) is 10.8. The van der Waals surface area contributed by atoms with Crippen molar-refractivity contribution in [1.29, 1.82) is 0 Å². The molecule has 94 valence electrons. The number of hydrogen-bond acceptors (Lipinski definition) is 3. The predicted octanol–water partition coefficient (Wildman–Crippen LogP) is 2.31. The van der Waals surface area contributed by atoms with E-state index in [9.17, 15) is 0 Å². The van der Waals surface area contributed by atoms with Crippen LogP contribution in [0.25, 0.3) is 0 Å². The SMILES string of the molecule is CCC1(c2cccc(OC)c2)CNCC(C)O1. The molecular weight excluding hydrogens is 214 g/mol. The van der Waals surface area contributed by atoms with Crippen LogP contribution in [0.4, 0.5) is 0 Å². The molecule has 17 heavy (non-hydrogen) atoms. The highest BCUT2D eigenvalue weighted by atomic mass is 16.5. The van der Waals surface area contributed by atoms with Crippen LogP contribution in [0, 0.1) is 0 Å². The van der Waals surface area contributed by atoms with Crippen LogP contribution in [-0.4, -0.2) is 26.3 Å². The van der Waals surface area contributed by atoms with Crippen LogP contribution in [0.1, 0.15) is 25.8 Å². The van der Waals surface area contributed by atoms with Crippen LogP contribution in [0.2, 0.25) is 0 Å². The van der Waals surface area contributed by atoms with Crippen LogP contribution in [-0.2, 0) is 10.3 Å². The maximum absolute atomic E-state index is 6.19. The lowest BCUT2D eigenvalue weighted by atomic mass is 9.89. The molecule has 0 saturated carbocycles. The van der Waals surface area contributed by atoms with Gasteiger partial charge in [0.25, 0.3) is 0 Å². The first-order valence-electron chi connectivity index (χ1n) is 6.23. The summed E-state index contributed by atoms with van der Waals surface area (Å²) in [5.74, 6) is 0.886. The van der Waals surface area contributed by atoms with Crippen molar-refractivity contribution in [3.63, 3.8) is 0 Å². The summed E-state index contributed by atoms with van der Waals surface area (Å²) in [6.07, 6.45) is 1.20. The molecule has 3 nitrogen and oxygen atoms in total. The van der Waals surface area contributed by atoms with Gasteiger partial charge in [0.15, 0.2) is 0 Å². The molecule has 0 aliphatic carbocycles. The fourth-order valence-corrected chi connectivity index (χ4v) is 2.43. The topological polar surface area (TPSA) is 30.5 Å². The van der Waals surface area contributed by atoms with Gasteiger partial charge in [0.05, 0.1) is 13.2 Å². The second-order valence-corrected chi connectivity index (χ2v) is 4.64. The molecule has 2 rings (SSSR count). The molecule has 1 saturated heterocycles. The molecule has 1 N–H and O–H groups in total. The quantitative estimate of drug-likeness (QED) is 0.872. The van der Waals surface area contributed by atoms with E-state index >= 15 is 0 Å². The van der Waals surface area contributed by atoms with Crippen molar-refractivity contribution in [3.8, 4) is 5.75 Å². The first-order chi connectivity index (χ1) is 8.20. The molecule has 0 spiro atoms. The lowest BCUT2D eigenvalue weighted by Gasteiger charge is -2.40. The minimum atomic E-state index is -0.216. The monoisotopic (exact) mass is 235 g/mol. The summed E-state index contributed by atoms with van der Waals surface area (Å²) in [6, 6.07) is 8.18. The predicted molar refractivity (Wildman–Crippen MR) is 68.4 cm³/mol. The lowest BCUT2D eigenvalue weighted by molar-refractivity contribution is -0.116. The average molecular weight is 235 g/mol. The number of nitrogens with one attached hydrogen (secondary N) is 1. The molecule has 1 heterocycles. The van der Waals surface area contributed by atoms with Gasteiger partial charge in [-0.3, -0.25) is 0 Å². The first kappa shape index (κ1) is 12.4. The summed E-state index contributed by atoms with van der Waals surface area (Å²) in [5.41, 5.74) is 0.977. The van der Waals surface area contributed by atoms with Gasteiger partial charge < -0.3 is 14.8 Å². The number of rotatable bonds is 3. The highest BCUT2D eigenvalue weighted by Gasteiger charge is 2.36. The van der Waals surface area contributed by atoms with Crippen molar-refractivity contribution in [2.75, 3.05) is 20.2 Å². The smallest absolute Gasteiger partial charge is 0.119 e. The van der Waals surface area contributed by atoms with Gasteiger partial charge in [0.1, 0.15) is 11.4 Å². The van der Waals surface area contributed by atoms with E-state index in [1.54, 1.807) is 7.11 Å². The third-order valence-corrected chi connectivity index (χ3v) is 3.44. The summed E-state index contributed by atoms with van der Waals surface area (Å²) in [7, 11) is 1.69. The number of ether oxygens (including phenoxy) is 2. The third kappa shape index (κ3) is 2.45. The zero-order chi connectivity index (χ0) is 12.3. The Morgan fingerprint density at radius 1 is 1.53 bits per heavy atom. The van der Waals surface area contributed by atoms with Crippen molar-refractivity contribution in [3.05, 3.63) is 29.8 Å². The molecule has 1 aliphatic rings. The Balaban J connectivity index is 2.32. The van der Waals surface area contributed by atoms with Gasteiger partial charge in [-0.25, -0.2) is 0 Å². The molecule has 1 aliphatic heterocycles. The van der Waals surface area contributed by atoms with E-state index < -0.39 is 0 Å². The van der Waals surface area contributed by atoms with Crippen molar-refractivity contribution in [2.45, 2.75) is 32.0 Å². The Morgan fingerprint density at radius 2 is 2.35 bits per heavy atom. The summed E-state index contributed by atoms with van der Waals surface area (Å²) in [6.45, 7) is 6.06. The van der Waals surface area contributed by atoms with E-state index in [1.807, 2.05) is 12.1 Å². The summed E-state index contributed by atoms with van der Waals surface area (Å²) < 4.78 is 11.5. The Hall–Kier alpha value is -1.06. The van der Waals surface area contributed by atoms with Gasteiger partial charge in [0, 0.05) is 13.1 Å². The first-order valence-corrected chi connectivity index (χ1v) is 6.23. The summed E-state index contributed by atoms with van der Waals surface area (Å²) in [5, 5.41) is 3.45. The molecule has 0 radical (unpaired) electrons. The Bertz CT molecular complexity index is 380. The van der Waals surface area contributed by atoms with E-state index in [2.05, 4.69) is 31.3 Å². The average Bonchev–Trinajstić information content (AvgIpc) is 2.38. The molecule has 1 aromatic rings. The second-order valence-electron chi connectivity index (χ2n) is 4.64. The van der Waals surface area contributed by atoms with Crippen molar-refractivity contribution < 1.29 is 9.47 Å². The molecule has 0 aromatic heterocycles. The molecule has 1 aromatic carbocycles. The highest BCUT2D eigenvalue weighted by molar-refractivity contribution is 5.33. The maximum atomic E-state index is 6.19. The van der Waals surface area contributed by atoms with Gasteiger partial charge in [0.2, 0.25) is 0 Å². The molecule has 2 atom stereocenters. The van der Waals surface area contributed by atoms with Gasteiger partial charge in [-0.15, -0.1) is 0 Å². The number of benzene rings is 1. The number of hydrogen-bond donors (Lipinski definition) is 1. The molecule has 0 amide bonds. The fraction of sp³-hybridized carbons (Fsp3) is 0.571. The normalized spacial score (nSPS) is 29.0. The zero-order valence-corrected chi connectivity index (χ0v) is 10.8. The fourth-order valence-electron chi connectivity index (χ4n) is 2.43. The van der Waals surface area contributed by atoms with E-state index in [0.29, 0.717) is 0 Å². The molecule has 1 fully saturated rings. The van der Waals surface area contributed by atoms with Gasteiger partial charge in [-0.1, -0.05) is 19.1 Å². The van der Waals surface area contributed by atoms with E-state index in [4.69, 9.17) is 9.47 Å². The van der Waals surface area contributed by atoms with Gasteiger partial charge in [-0.05, 0) is 31.0 Å². The largest absolute Gasteiger partial charge is 0.497 e. The molecule has 2 unspecified atom stereocenters. The van der Waals surface area contributed by atoms with Crippen LogP contribution in [0.3, 0.4) is 0 Å². The van der Waals surface area contributed by atoms with Crippen molar-refractivity contribution in [2.24, 2.45) is 0 Å². The van der Waals surface area contributed by atoms with Crippen molar-refractivity contribution >= 4 is 0 Å². The van der Waals surface area contributed by atoms with Gasteiger partial charge >= 0.3 is 0 Å². The highest BCUT2D eigenvalue weighted by Crippen LogP contribution is 2.34. The molecule has 0 bridgehead atoms. The maximum Gasteiger partial charge on any atom is 0.119 e. The summed E-state index contributed by atoms with van der Waals surface area (Å²) in [4.78, 5) is 0. The standard InChI is InChI=1S/C14H21NO2/c1-4-14(10-15-9-11(2)17-14)12-6-5-7-13(8-12)16-3/h5-8,11,15H,4,9-10H2,1-3H3. The minimum absolute atomic E-state index is 0.216. The summed E-state index contributed by atoms with van der Waals surface area (Å²) >= 11 is 0. The Morgan fingerprint density at radius 3 is 3.00 bits per heavy atom. The van der Waals surface area contributed by atoms with E-state index in [-0.39, 0.29) is 11.7 Å². The third-order valence-electron chi connectivity index (χ3n) is 3.44. The van der Waals surface area contributed by atoms with Crippen LogP contribution in [0.5, 0.6) is 5.75 Å². The second kappa shape index (κ2) is 5.07. The number of methoxy groups -OCH3 is 1. The Labute approximate surface area is 103 Å². The molecule has 3 heteroatoms. The Kier molecular flexibility index (Phi) is 3.69. The van der Waals surface area contributed by atoms with Crippen LogP contribution in [0.15, 0.2) is 24.3 Å². The van der Waals surface area contributed by atoms with Crippen LogP contribution >= 0.6 is 0 Å². The van der Waals surface area contributed by atoms with Crippen molar-refractivity contribution in [1.82, 2.24) is 5.32 Å². The minimum Gasteiger partial charge on any atom is -0.497 e.